The van der Waals surface area contributed by atoms with Crippen molar-refractivity contribution in [2.45, 2.75) is 18.9 Å². The number of aryl methyl sites for hydroxylation is 1. The fraction of sp³-hybridized carbons (Fsp3) is 0.389. The Morgan fingerprint density at radius 1 is 1.29 bits per heavy atom. The topological polar surface area (TPSA) is 46.5 Å². The maximum atomic E-state index is 12.4. The zero-order valence-electron chi connectivity index (χ0n) is 14.0. The third-order valence-electron chi connectivity index (χ3n) is 4.46. The molecule has 24 heavy (non-hydrogen) atoms. The van der Waals surface area contributed by atoms with Crippen molar-refractivity contribution in [1.29, 1.82) is 0 Å². The predicted octanol–water partition coefficient (Wildman–Crippen LogP) is 3.09. The largest absolute Gasteiger partial charge is 0.495 e. The van der Waals surface area contributed by atoms with Gasteiger partial charge < -0.3 is 19.5 Å². The van der Waals surface area contributed by atoms with Crippen molar-refractivity contribution in [3.8, 4) is 5.75 Å². The number of halogens is 1. The molecule has 1 N–H and O–H groups in total. The number of nitrogens with one attached hydrogen (secondary N) is 1. The molecule has 0 spiro atoms. The number of piperidine rings is 1. The summed E-state index contributed by atoms with van der Waals surface area (Å²) in [6.45, 7) is 1.78. The van der Waals surface area contributed by atoms with E-state index in [0.29, 0.717) is 10.7 Å². The van der Waals surface area contributed by atoms with Crippen LogP contribution in [0.5, 0.6) is 5.75 Å². The zero-order chi connectivity index (χ0) is 17.1. The highest BCUT2D eigenvalue weighted by Crippen LogP contribution is 2.29. The van der Waals surface area contributed by atoms with Crippen LogP contribution in [-0.4, -0.2) is 36.7 Å². The van der Waals surface area contributed by atoms with Gasteiger partial charge in [-0.05, 0) is 31.0 Å². The molecule has 1 aliphatic heterocycles. The lowest BCUT2D eigenvalue weighted by Crippen LogP contribution is -2.45. The van der Waals surface area contributed by atoms with Crippen LogP contribution in [0.3, 0.4) is 0 Å². The Morgan fingerprint density at radius 3 is 2.62 bits per heavy atom. The summed E-state index contributed by atoms with van der Waals surface area (Å²) in [5, 5.41) is 3.69. The third-order valence-corrected chi connectivity index (χ3v) is 4.67. The van der Waals surface area contributed by atoms with E-state index < -0.39 is 0 Å². The van der Waals surface area contributed by atoms with Crippen molar-refractivity contribution < 1.29 is 9.53 Å². The number of benzene rings is 1. The highest BCUT2D eigenvalue weighted by Gasteiger charge is 2.23. The number of methoxy groups -OCH3 is 1. The van der Waals surface area contributed by atoms with Crippen LogP contribution in [0.4, 0.5) is 5.69 Å². The summed E-state index contributed by atoms with van der Waals surface area (Å²) < 4.78 is 7.19. The molecule has 1 aliphatic rings. The molecule has 1 aromatic heterocycles. The van der Waals surface area contributed by atoms with Crippen molar-refractivity contribution in [3.05, 3.63) is 47.2 Å². The number of para-hydroxylation sites is 2. The molecule has 0 aliphatic carbocycles. The molecule has 0 atom stereocenters. The van der Waals surface area contributed by atoms with Gasteiger partial charge in [0.15, 0.2) is 0 Å². The number of hydrogen-bond donors (Lipinski definition) is 1. The molecular weight excluding hydrogens is 326 g/mol. The Balaban J connectivity index is 1.59. The summed E-state index contributed by atoms with van der Waals surface area (Å²) in [6.07, 6.45) is 3.55. The van der Waals surface area contributed by atoms with Gasteiger partial charge in [-0.1, -0.05) is 23.7 Å². The van der Waals surface area contributed by atoms with E-state index in [0.717, 1.165) is 37.4 Å². The van der Waals surface area contributed by atoms with Crippen LogP contribution in [0.2, 0.25) is 5.02 Å². The van der Waals surface area contributed by atoms with Crippen molar-refractivity contribution in [1.82, 2.24) is 9.88 Å². The molecule has 5 nitrogen and oxygen atoms in total. The van der Waals surface area contributed by atoms with Gasteiger partial charge in [-0.25, -0.2) is 0 Å². The highest BCUT2D eigenvalue weighted by molar-refractivity contribution is 6.31. The second kappa shape index (κ2) is 7.18. The van der Waals surface area contributed by atoms with Gasteiger partial charge in [0.25, 0.3) is 5.91 Å². The van der Waals surface area contributed by atoms with Crippen molar-refractivity contribution in [2.24, 2.45) is 7.05 Å². The molecule has 2 heterocycles. The minimum atomic E-state index is -0.0693. The molecule has 0 bridgehead atoms. The molecule has 1 saturated heterocycles. The van der Waals surface area contributed by atoms with Crippen LogP contribution in [0.25, 0.3) is 0 Å². The quantitative estimate of drug-likeness (QED) is 0.924. The first-order valence-corrected chi connectivity index (χ1v) is 8.47. The molecule has 0 radical (unpaired) electrons. The number of ether oxygens (including phenoxy) is 1. The van der Waals surface area contributed by atoms with Crippen molar-refractivity contribution >= 4 is 23.2 Å². The van der Waals surface area contributed by atoms with E-state index in [1.807, 2.05) is 25.2 Å². The third kappa shape index (κ3) is 3.51. The first kappa shape index (κ1) is 16.7. The molecule has 6 heteroatoms. The number of hydrogen-bond acceptors (Lipinski definition) is 3. The van der Waals surface area contributed by atoms with Gasteiger partial charge in [-0.15, -0.1) is 0 Å². The normalized spacial score (nSPS) is 15.4. The second-order valence-electron chi connectivity index (χ2n) is 6.06. The van der Waals surface area contributed by atoms with Crippen LogP contribution in [0.15, 0.2) is 36.5 Å². The average molecular weight is 348 g/mol. The Hall–Kier alpha value is -2.14. The van der Waals surface area contributed by atoms with E-state index in [2.05, 4.69) is 16.3 Å². The molecule has 1 aromatic carbocycles. The first-order chi connectivity index (χ1) is 11.6. The Kier molecular flexibility index (Phi) is 5.00. The fourth-order valence-electron chi connectivity index (χ4n) is 3.17. The molecule has 2 aromatic rings. The Bertz CT molecular complexity index is 721. The lowest BCUT2D eigenvalue weighted by molar-refractivity contribution is 0.0923. The fourth-order valence-corrected chi connectivity index (χ4v) is 3.41. The summed E-state index contributed by atoms with van der Waals surface area (Å²) in [6, 6.07) is 9.91. The number of carbonyl (C=O) groups is 1. The number of rotatable bonds is 4. The van der Waals surface area contributed by atoms with Crippen LogP contribution >= 0.6 is 11.6 Å². The van der Waals surface area contributed by atoms with Crippen LogP contribution in [0, 0.1) is 0 Å². The molecule has 0 saturated carbocycles. The van der Waals surface area contributed by atoms with Crippen molar-refractivity contribution in [3.63, 3.8) is 0 Å². The van der Waals surface area contributed by atoms with E-state index in [4.69, 9.17) is 16.3 Å². The van der Waals surface area contributed by atoms with Crippen LogP contribution in [-0.2, 0) is 7.05 Å². The monoisotopic (exact) mass is 347 g/mol. The number of aromatic nitrogens is 1. The number of nitrogens with zero attached hydrogens (tertiary/aromatic N) is 2. The Morgan fingerprint density at radius 2 is 2.00 bits per heavy atom. The van der Waals surface area contributed by atoms with E-state index >= 15 is 0 Å². The number of anilines is 1. The van der Waals surface area contributed by atoms with Crippen LogP contribution < -0.4 is 15.0 Å². The average Bonchev–Trinajstić information content (AvgIpc) is 2.94. The van der Waals surface area contributed by atoms with E-state index in [9.17, 15) is 4.79 Å². The van der Waals surface area contributed by atoms with Gasteiger partial charge >= 0.3 is 0 Å². The summed E-state index contributed by atoms with van der Waals surface area (Å²) in [5.74, 6) is 0.818. The maximum Gasteiger partial charge on any atom is 0.268 e. The smallest absolute Gasteiger partial charge is 0.268 e. The summed E-state index contributed by atoms with van der Waals surface area (Å²) in [7, 11) is 3.52. The Labute approximate surface area is 147 Å². The molecule has 0 unspecified atom stereocenters. The molecule has 3 rings (SSSR count). The van der Waals surface area contributed by atoms with Gasteiger partial charge in [0.05, 0.1) is 17.8 Å². The van der Waals surface area contributed by atoms with Gasteiger partial charge in [-0.2, -0.15) is 0 Å². The summed E-state index contributed by atoms with van der Waals surface area (Å²) >= 11 is 5.95. The van der Waals surface area contributed by atoms with E-state index in [-0.39, 0.29) is 11.9 Å². The molecule has 1 amide bonds. The van der Waals surface area contributed by atoms with Gasteiger partial charge in [-0.3, -0.25) is 4.79 Å². The van der Waals surface area contributed by atoms with Crippen molar-refractivity contribution in [2.75, 3.05) is 25.1 Å². The minimum absolute atomic E-state index is 0.0693. The minimum Gasteiger partial charge on any atom is -0.495 e. The maximum absolute atomic E-state index is 12.4. The van der Waals surface area contributed by atoms with Gasteiger partial charge in [0, 0.05) is 32.4 Å². The molecule has 128 valence electrons. The van der Waals surface area contributed by atoms with E-state index in [1.165, 1.54) is 0 Å². The number of amides is 1. The van der Waals surface area contributed by atoms with Crippen LogP contribution in [0.1, 0.15) is 23.3 Å². The molecular formula is C18H22ClN3O2. The zero-order valence-corrected chi connectivity index (χ0v) is 14.7. The van der Waals surface area contributed by atoms with E-state index in [1.54, 1.807) is 23.9 Å². The SMILES string of the molecule is COc1ccccc1N1CCC(NC(=O)c2cc(Cl)cn2C)CC1. The predicted molar refractivity (Wildman–Crippen MR) is 96.1 cm³/mol. The van der Waals surface area contributed by atoms with Gasteiger partial charge in [0.1, 0.15) is 11.4 Å². The standard InChI is InChI=1S/C18H22ClN3O2/c1-21-12-13(19)11-16(21)18(23)20-14-7-9-22(10-8-14)15-5-3-4-6-17(15)24-2/h3-6,11-12,14H,7-10H2,1-2H3,(H,20,23). The second-order valence-corrected chi connectivity index (χ2v) is 6.50. The summed E-state index contributed by atoms with van der Waals surface area (Å²) in [5.41, 5.74) is 1.70. The van der Waals surface area contributed by atoms with Gasteiger partial charge in [0.2, 0.25) is 0 Å². The lowest BCUT2D eigenvalue weighted by atomic mass is 10.0. The summed E-state index contributed by atoms with van der Waals surface area (Å²) in [4.78, 5) is 14.7. The molecule has 1 fully saturated rings. The highest BCUT2D eigenvalue weighted by atomic mass is 35.5. The number of carbonyl (C=O) groups excluding carboxylic acids is 1. The first-order valence-electron chi connectivity index (χ1n) is 8.09. The lowest BCUT2D eigenvalue weighted by Gasteiger charge is -2.34.